The lowest BCUT2D eigenvalue weighted by Gasteiger charge is -2.10. The number of nitrogens with one attached hydrogen (secondary N) is 1. The zero-order chi connectivity index (χ0) is 19.3. The van der Waals surface area contributed by atoms with Crippen molar-refractivity contribution in [1.29, 1.82) is 0 Å². The largest absolute Gasteiger partial charge is 0.455 e. The highest BCUT2D eigenvalue weighted by molar-refractivity contribution is 7.18. The fraction of sp³-hybridized carbons (Fsp3) is 0.0455. The number of para-hydroxylation sites is 2. The number of fused-ring (bicyclic) bond motifs is 1. The number of carbonyl (C=O) groups is 2. The van der Waals surface area contributed by atoms with Crippen molar-refractivity contribution in [3.05, 3.63) is 95.0 Å². The quantitative estimate of drug-likeness (QED) is 0.494. The Bertz CT molecular complexity index is 1110. The van der Waals surface area contributed by atoms with Crippen LogP contribution in [0.4, 0.5) is 5.69 Å². The van der Waals surface area contributed by atoms with Crippen LogP contribution < -0.4 is 5.32 Å². The lowest BCUT2D eigenvalue weighted by molar-refractivity contribution is 0.0474. The van der Waals surface area contributed by atoms with Crippen LogP contribution in [0.25, 0.3) is 10.2 Å². The van der Waals surface area contributed by atoms with Crippen molar-refractivity contribution in [3.63, 3.8) is 0 Å². The van der Waals surface area contributed by atoms with E-state index >= 15 is 0 Å². The molecule has 0 spiro atoms. The second-order valence-corrected chi connectivity index (χ2v) is 7.13. The number of benzene rings is 3. The van der Waals surface area contributed by atoms with Crippen LogP contribution in [0.5, 0.6) is 0 Å². The molecule has 0 atom stereocenters. The van der Waals surface area contributed by atoms with Crippen LogP contribution in [-0.2, 0) is 11.3 Å². The third kappa shape index (κ3) is 3.92. The molecule has 6 heteroatoms. The Labute approximate surface area is 165 Å². The summed E-state index contributed by atoms with van der Waals surface area (Å²) in [6, 6.07) is 23.4. The third-order valence-corrected chi connectivity index (χ3v) is 5.11. The van der Waals surface area contributed by atoms with E-state index in [-0.39, 0.29) is 12.5 Å². The molecule has 0 aliphatic rings. The molecule has 0 aliphatic carbocycles. The summed E-state index contributed by atoms with van der Waals surface area (Å²) in [4.78, 5) is 29.4. The molecule has 4 aromatic rings. The van der Waals surface area contributed by atoms with Gasteiger partial charge < -0.3 is 10.1 Å². The van der Waals surface area contributed by atoms with Crippen molar-refractivity contribution >= 4 is 39.1 Å². The van der Waals surface area contributed by atoms with Gasteiger partial charge in [0.1, 0.15) is 11.6 Å². The van der Waals surface area contributed by atoms with E-state index < -0.39 is 5.97 Å². The van der Waals surface area contributed by atoms with Gasteiger partial charge >= 0.3 is 5.97 Å². The summed E-state index contributed by atoms with van der Waals surface area (Å²) >= 11 is 1.49. The SMILES string of the molecule is O=C(Nc1ccccc1C(=O)OCc1nc2ccccc2s1)c1ccccc1. The fourth-order valence-electron chi connectivity index (χ4n) is 2.74. The summed E-state index contributed by atoms with van der Waals surface area (Å²) in [5.74, 6) is -0.796. The number of anilines is 1. The normalized spacial score (nSPS) is 10.6. The lowest BCUT2D eigenvalue weighted by atomic mass is 10.1. The van der Waals surface area contributed by atoms with E-state index in [1.54, 1.807) is 48.5 Å². The molecule has 0 saturated carbocycles. The first-order valence-corrected chi connectivity index (χ1v) is 9.49. The summed E-state index contributed by atoms with van der Waals surface area (Å²) < 4.78 is 6.47. The van der Waals surface area contributed by atoms with Crippen molar-refractivity contribution in [2.45, 2.75) is 6.61 Å². The molecule has 0 radical (unpaired) electrons. The van der Waals surface area contributed by atoms with Gasteiger partial charge in [0, 0.05) is 5.56 Å². The Balaban J connectivity index is 1.47. The summed E-state index contributed by atoms with van der Waals surface area (Å²) in [6.45, 7) is 0.0825. The van der Waals surface area contributed by atoms with Crippen LogP contribution in [0.2, 0.25) is 0 Å². The Morgan fingerprint density at radius 1 is 0.893 bits per heavy atom. The minimum absolute atomic E-state index is 0.0825. The number of hydrogen-bond acceptors (Lipinski definition) is 5. The van der Waals surface area contributed by atoms with Crippen LogP contribution in [0.3, 0.4) is 0 Å². The molecular weight excluding hydrogens is 372 g/mol. The van der Waals surface area contributed by atoms with Gasteiger partial charge in [-0.2, -0.15) is 0 Å². The number of nitrogens with zero attached hydrogens (tertiary/aromatic N) is 1. The first-order chi connectivity index (χ1) is 13.7. The minimum atomic E-state index is -0.511. The van der Waals surface area contributed by atoms with Gasteiger partial charge in [0.15, 0.2) is 0 Å². The van der Waals surface area contributed by atoms with Crippen LogP contribution in [0.15, 0.2) is 78.9 Å². The number of amides is 1. The monoisotopic (exact) mass is 388 g/mol. The maximum absolute atomic E-state index is 12.6. The number of aromatic nitrogens is 1. The highest BCUT2D eigenvalue weighted by atomic mass is 32.1. The molecule has 4 rings (SSSR count). The molecule has 5 nitrogen and oxygen atoms in total. The molecule has 1 N–H and O–H groups in total. The van der Waals surface area contributed by atoms with Gasteiger partial charge in [-0.05, 0) is 36.4 Å². The van der Waals surface area contributed by atoms with Crippen LogP contribution >= 0.6 is 11.3 Å². The van der Waals surface area contributed by atoms with E-state index in [1.165, 1.54) is 11.3 Å². The van der Waals surface area contributed by atoms with Crippen molar-refractivity contribution < 1.29 is 14.3 Å². The van der Waals surface area contributed by atoms with Crippen molar-refractivity contribution in [3.8, 4) is 0 Å². The van der Waals surface area contributed by atoms with E-state index in [9.17, 15) is 9.59 Å². The zero-order valence-electron chi connectivity index (χ0n) is 14.8. The molecule has 0 aliphatic heterocycles. The molecule has 0 unspecified atom stereocenters. The Kier molecular flexibility index (Phi) is 5.12. The first-order valence-electron chi connectivity index (χ1n) is 8.68. The van der Waals surface area contributed by atoms with E-state index in [1.807, 2.05) is 30.3 Å². The van der Waals surface area contributed by atoms with Gasteiger partial charge in [0.25, 0.3) is 5.91 Å². The standard InChI is InChI=1S/C22H16N2O3S/c25-21(15-8-2-1-3-9-15)24-17-11-5-4-10-16(17)22(26)27-14-20-23-18-12-6-7-13-19(18)28-20/h1-13H,14H2,(H,24,25). The van der Waals surface area contributed by atoms with Gasteiger partial charge in [0.05, 0.1) is 21.5 Å². The number of hydrogen-bond donors (Lipinski definition) is 1. The summed E-state index contributed by atoms with van der Waals surface area (Å²) in [5, 5.41) is 3.50. The lowest BCUT2D eigenvalue weighted by Crippen LogP contribution is -2.15. The van der Waals surface area contributed by atoms with Gasteiger partial charge in [-0.3, -0.25) is 4.79 Å². The Hall–Kier alpha value is -3.51. The predicted molar refractivity (Wildman–Crippen MR) is 110 cm³/mol. The molecule has 0 bridgehead atoms. The second-order valence-electron chi connectivity index (χ2n) is 6.02. The smallest absolute Gasteiger partial charge is 0.340 e. The molecule has 138 valence electrons. The highest BCUT2D eigenvalue weighted by Crippen LogP contribution is 2.23. The maximum atomic E-state index is 12.6. The topological polar surface area (TPSA) is 68.3 Å². The van der Waals surface area contributed by atoms with Crippen molar-refractivity contribution in [1.82, 2.24) is 4.98 Å². The summed E-state index contributed by atoms with van der Waals surface area (Å²) in [7, 11) is 0. The van der Waals surface area contributed by atoms with Gasteiger partial charge in [-0.1, -0.05) is 42.5 Å². The van der Waals surface area contributed by atoms with Gasteiger partial charge in [0.2, 0.25) is 0 Å². The third-order valence-electron chi connectivity index (χ3n) is 4.10. The number of esters is 1. The molecule has 1 amide bonds. The number of carbonyl (C=O) groups excluding carboxylic acids is 2. The van der Waals surface area contributed by atoms with E-state index in [2.05, 4.69) is 10.3 Å². The van der Waals surface area contributed by atoms with Crippen LogP contribution in [0.1, 0.15) is 25.7 Å². The Morgan fingerprint density at radius 2 is 1.61 bits per heavy atom. The van der Waals surface area contributed by atoms with Crippen LogP contribution in [0, 0.1) is 0 Å². The molecule has 0 fully saturated rings. The zero-order valence-corrected chi connectivity index (χ0v) is 15.6. The summed E-state index contributed by atoms with van der Waals surface area (Å²) in [5.41, 5.74) is 2.10. The molecule has 1 heterocycles. The highest BCUT2D eigenvalue weighted by Gasteiger charge is 2.16. The number of thiazole rings is 1. The van der Waals surface area contributed by atoms with E-state index in [4.69, 9.17) is 4.74 Å². The average Bonchev–Trinajstić information content (AvgIpc) is 3.16. The van der Waals surface area contributed by atoms with Gasteiger partial charge in [-0.25, -0.2) is 9.78 Å². The molecule has 3 aromatic carbocycles. The summed E-state index contributed by atoms with van der Waals surface area (Å²) in [6.07, 6.45) is 0. The van der Waals surface area contributed by atoms with Gasteiger partial charge in [-0.15, -0.1) is 11.3 Å². The van der Waals surface area contributed by atoms with E-state index in [0.29, 0.717) is 16.8 Å². The first kappa shape index (κ1) is 17.9. The minimum Gasteiger partial charge on any atom is -0.455 e. The van der Waals surface area contributed by atoms with Crippen molar-refractivity contribution in [2.24, 2.45) is 0 Å². The Morgan fingerprint density at radius 3 is 2.43 bits per heavy atom. The molecular formula is C22H16N2O3S. The molecule has 0 saturated heterocycles. The maximum Gasteiger partial charge on any atom is 0.340 e. The second kappa shape index (κ2) is 8.02. The van der Waals surface area contributed by atoms with Crippen molar-refractivity contribution in [2.75, 3.05) is 5.32 Å². The number of rotatable bonds is 5. The average molecular weight is 388 g/mol. The number of ether oxygens (including phenoxy) is 1. The fourth-order valence-corrected chi connectivity index (χ4v) is 3.62. The molecule has 28 heavy (non-hydrogen) atoms. The predicted octanol–water partition coefficient (Wildman–Crippen LogP) is 4.91. The molecule has 1 aromatic heterocycles. The van der Waals surface area contributed by atoms with E-state index in [0.717, 1.165) is 15.2 Å². The van der Waals surface area contributed by atoms with Crippen LogP contribution in [-0.4, -0.2) is 16.9 Å².